The minimum Gasteiger partial charge on any atom is -0.378 e. The topological polar surface area (TPSA) is 115 Å². The van der Waals surface area contributed by atoms with Crippen molar-refractivity contribution < 1.29 is 9.53 Å². The summed E-state index contributed by atoms with van der Waals surface area (Å²) >= 11 is 0. The number of rotatable bonds is 5. The van der Waals surface area contributed by atoms with Crippen LogP contribution in [0.3, 0.4) is 0 Å². The molecule has 35 heavy (non-hydrogen) atoms. The molecule has 3 heterocycles. The maximum atomic E-state index is 12.9. The molecule has 3 aromatic rings. The molecule has 1 saturated heterocycles. The van der Waals surface area contributed by atoms with Crippen molar-refractivity contribution in [2.45, 2.75) is 26.2 Å². The van der Waals surface area contributed by atoms with Crippen molar-refractivity contribution >= 4 is 17.4 Å². The number of amides is 1. The number of carbonyl (C=O) groups is 1. The minimum atomic E-state index is -0.799. The van der Waals surface area contributed by atoms with Gasteiger partial charge in [-0.2, -0.15) is 10.5 Å². The molecule has 1 fully saturated rings. The van der Waals surface area contributed by atoms with Crippen molar-refractivity contribution in [1.29, 1.82) is 10.5 Å². The van der Waals surface area contributed by atoms with Crippen molar-refractivity contribution in [2.24, 2.45) is 0 Å². The number of aromatic nitrogens is 2. The van der Waals surface area contributed by atoms with E-state index in [2.05, 4.69) is 32.3 Å². The summed E-state index contributed by atoms with van der Waals surface area (Å²) < 4.78 is 5.40. The van der Waals surface area contributed by atoms with Gasteiger partial charge in [0, 0.05) is 42.3 Å². The number of nitrogens with one attached hydrogen (secondary N) is 1. The Bertz CT molecular complexity index is 1350. The smallest absolute Gasteiger partial charge is 0.255 e. The predicted octanol–water partition coefficient (Wildman–Crippen LogP) is 4.21. The highest BCUT2D eigenvalue weighted by Gasteiger charge is 2.23. The third-order valence-corrected chi connectivity index (χ3v) is 6.05. The Balaban J connectivity index is 1.60. The molecule has 0 atom stereocenters. The molecule has 0 radical (unpaired) electrons. The number of hydrogen-bond acceptors (Lipinski definition) is 7. The summed E-state index contributed by atoms with van der Waals surface area (Å²) in [5, 5.41) is 22.1. The van der Waals surface area contributed by atoms with Gasteiger partial charge < -0.3 is 15.0 Å². The molecule has 2 aromatic heterocycles. The van der Waals surface area contributed by atoms with Gasteiger partial charge in [-0.25, -0.2) is 4.98 Å². The number of hydrogen-bond donors (Lipinski definition) is 1. The van der Waals surface area contributed by atoms with Crippen LogP contribution in [0.25, 0.3) is 11.1 Å². The minimum absolute atomic E-state index is 0.296. The second-order valence-electron chi connectivity index (χ2n) is 8.96. The number of nitrogens with zero attached hydrogens (tertiary/aromatic N) is 5. The average Bonchev–Trinajstić information content (AvgIpc) is 2.90. The summed E-state index contributed by atoms with van der Waals surface area (Å²) in [7, 11) is 0. The van der Waals surface area contributed by atoms with Crippen LogP contribution in [0.5, 0.6) is 0 Å². The van der Waals surface area contributed by atoms with Gasteiger partial charge >= 0.3 is 0 Å². The van der Waals surface area contributed by atoms with Crippen LogP contribution in [0, 0.1) is 29.6 Å². The summed E-state index contributed by atoms with van der Waals surface area (Å²) in [5.41, 5.74) is 3.94. The van der Waals surface area contributed by atoms with Gasteiger partial charge in [-0.1, -0.05) is 6.07 Å². The van der Waals surface area contributed by atoms with Gasteiger partial charge in [0.25, 0.3) is 5.91 Å². The highest BCUT2D eigenvalue weighted by atomic mass is 16.5. The number of morpholine rings is 1. The average molecular weight is 467 g/mol. The van der Waals surface area contributed by atoms with E-state index in [9.17, 15) is 15.3 Å². The molecule has 1 aliphatic heterocycles. The molecule has 8 heteroatoms. The third-order valence-electron chi connectivity index (χ3n) is 6.05. The molecular formula is C27H26N6O2. The lowest BCUT2D eigenvalue weighted by Crippen LogP contribution is -2.37. The maximum absolute atomic E-state index is 12.9. The molecule has 1 aromatic carbocycles. The first-order valence-electron chi connectivity index (χ1n) is 11.4. The Kier molecular flexibility index (Phi) is 6.77. The number of anilines is 2. The van der Waals surface area contributed by atoms with Gasteiger partial charge in [-0.3, -0.25) is 9.78 Å². The Morgan fingerprint density at radius 2 is 1.89 bits per heavy atom. The molecule has 176 valence electrons. The quantitative estimate of drug-likeness (QED) is 0.599. The Hall–Kier alpha value is -4.27. The molecule has 0 aliphatic carbocycles. The summed E-state index contributed by atoms with van der Waals surface area (Å²) in [5.74, 6) is 0.367. The SMILES string of the molecule is Cc1ccc(NC(=O)c2ccnc(C(C)(C)C#N)c2)cc1-c1cnc(N2CCOCC2)c(C#N)c1. The van der Waals surface area contributed by atoms with E-state index in [0.29, 0.717) is 54.6 Å². The highest BCUT2D eigenvalue weighted by Crippen LogP contribution is 2.30. The summed E-state index contributed by atoms with van der Waals surface area (Å²) in [6, 6.07) is 15.2. The lowest BCUT2D eigenvalue weighted by molar-refractivity contribution is 0.102. The van der Waals surface area contributed by atoms with Crippen molar-refractivity contribution in [3.63, 3.8) is 0 Å². The van der Waals surface area contributed by atoms with Crippen LogP contribution in [0.15, 0.2) is 48.8 Å². The number of benzene rings is 1. The van der Waals surface area contributed by atoms with Crippen molar-refractivity contribution in [2.75, 3.05) is 36.5 Å². The fourth-order valence-corrected chi connectivity index (χ4v) is 3.90. The van der Waals surface area contributed by atoms with E-state index >= 15 is 0 Å². The monoisotopic (exact) mass is 466 g/mol. The number of aryl methyl sites for hydroxylation is 1. The van der Waals surface area contributed by atoms with Crippen molar-refractivity contribution in [1.82, 2.24) is 9.97 Å². The third kappa shape index (κ3) is 5.13. The zero-order valence-electron chi connectivity index (χ0n) is 20.0. The van der Waals surface area contributed by atoms with Gasteiger partial charge in [-0.15, -0.1) is 0 Å². The van der Waals surface area contributed by atoms with E-state index < -0.39 is 5.41 Å². The lowest BCUT2D eigenvalue weighted by atomic mass is 9.90. The Morgan fingerprint density at radius 1 is 1.11 bits per heavy atom. The molecule has 1 aliphatic rings. The standard InChI is InChI=1S/C27H26N6O2/c1-18-4-5-22(32-26(34)19-6-7-30-24(13-19)27(2,3)17-29)14-23(18)21-12-20(15-28)25(31-16-21)33-8-10-35-11-9-33/h4-7,12-14,16H,8-11H2,1-3H3,(H,32,34). The number of pyridine rings is 2. The molecule has 0 spiro atoms. The number of carbonyl (C=O) groups excluding carboxylic acids is 1. The first-order valence-corrected chi connectivity index (χ1v) is 11.4. The summed E-state index contributed by atoms with van der Waals surface area (Å²) in [4.78, 5) is 23.8. The number of nitriles is 2. The van der Waals surface area contributed by atoms with Crippen molar-refractivity contribution in [3.8, 4) is 23.3 Å². The van der Waals surface area contributed by atoms with E-state index in [1.54, 1.807) is 32.2 Å². The van der Waals surface area contributed by atoms with Gasteiger partial charge in [0.2, 0.25) is 0 Å². The largest absolute Gasteiger partial charge is 0.378 e. The fourth-order valence-electron chi connectivity index (χ4n) is 3.90. The van der Waals surface area contributed by atoms with E-state index in [0.717, 1.165) is 16.7 Å². The van der Waals surface area contributed by atoms with Gasteiger partial charge in [0.05, 0.1) is 36.0 Å². The molecule has 0 bridgehead atoms. The molecule has 1 amide bonds. The maximum Gasteiger partial charge on any atom is 0.255 e. The van der Waals surface area contributed by atoms with E-state index in [1.807, 2.05) is 31.2 Å². The van der Waals surface area contributed by atoms with Gasteiger partial charge in [0.15, 0.2) is 0 Å². The molecular weight excluding hydrogens is 440 g/mol. The first-order chi connectivity index (χ1) is 16.8. The number of ether oxygens (including phenoxy) is 1. The van der Waals surface area contributed by atoms with Crippen LogP contribution in [-0.2, 0) is 10.2 Å². The van der Waals surface area contributed by atoms with E-state index in [1.165, 1.54) is 6.20 Å². The molecule has 0 unspecified atom stereocenters. The van der Waals surface area contributed by atoms with Crippen LogP contribution < -0.4 is 10.2 Å². The van der Waals surface area contributed by atoms with Gasteiger partial charge in [0.1, 0.15) is 11.9 Å². The van der Waals surface area contributed by atoms with Crippen LogP contribution in [0.1, 0.15) is 41.0 Å². The first kappa shape index (κ1) is 23.9. The zero-order valence-corrected chi connectivity index (χ0v) is 20.0. The summed E-state index contributed by atoms with van der Waals surface area (Å²) in [6.45, 7) is 8.12. The van der Waals surface area contributed by atoms with E-state index in [4.69, 9.17) is 4.74 Å². The van der Waals surface area contributed by atoms with Crippen LogP contribution in [0.4, 0.5) is 11.5 Å². The van der Waals surface area contributed by atoms with Gasteiger partial charge in [-0.05, 0) is 62.2 Å². The van der Waals surface area contributed by atoms with E-state index in [-0.39, 0.29) is 5.91 Å². The zero-order chi connectivity index (χ0) is 25.0. The molecule has 0 saturated carbocycles. The van der Waals surface area contributed by atoms with Crippen molar-refractivity contribution in [3.05, 3.63) is 71.2 Å². The highest BCUT2D eigenvalue weighted by molar-refractivity contribution is 6.04. The Labute approximate surface area is 204 Å². The van der Waals surface area contributed by atoms with Crippen LogP contribution in [-0.4, -0.2) is 42.2 Å². The molecule has 4 rings (SSSR count). The predicted molar refractivity (Wildman–Crippen MR) is 133 cm³/mol. The fraction of sp³-hybridized carbons (Fsp3) is 0.296. The lowest BCUT2D eigenvalue weighted by Gasteiger charge is -2.28. The normalized spacial score (nSPS) is 13.6. The van der Waals surface area contributed by atoms with Crippen LogP contribution >= 0.6 is 0 Å². The van der Waals surface area contributed by atoms with Crippen LogP contribution in [0.2, 0.25) is 0 Å². The summed E-state index contributed by atoms with van der Waals surface area (Å²) in [6.07, 6.45) is 3.30. The second-order valence-corrected chi connectivity index (χ2v) is 8.96. The molecule has 1 N–H and O–H groups in total. The second kappa shape index (κ2) is 9.92. The Morgan fingerprint density at radius 3 is 2.60 bits per heavy atom. The molecule has 8 nitrogen and oxygen atoms in total.